The van der Waals surface area contributed by atoms with Crippen molar-refractivity contribution in [3.05, 3.63) is 11.1 Å². The Labute approximate surface area is 71.8 Å². The summed E-state index contributed by atoms with van der Waals surface area (Å²) in [5, 5.41) is 16.1. The minimum absolute atomic E-state index is 0.0510. The van der Waals surface area contributed by atoms with Crippen LogP contribution < -0.4 is 0 Å². The topological polar surface area (TPSA) is 87.0 Å². The first-order valence-electron chi connectivity index (χ1n) is 2.97. The molecule has 0 spiro atoms. The molecule has 0 bridgehead atoms. The summed E-state index contributed by atoms with van der Waals surface area (Å²) < 4.78 is 0. The highest BCUT2D eigenvalue weighted by Crippen LogP contribution is 2.24. The molecular formula is C6H5NO4S. The zero-order valence-electron chi connectivity index (χ0n) is 5.80. The SMILES string of the molecule is O=C(O)C1=CN=CC(C(=O)O)S1. The van der Waals surface area contributed by atoms with Gasteiger partial charge in [0.1, 0.15) is 10.2 Å². The van der Waals surface area contributed by atoms with Crippen LogP contribution in [0.15, 0.2) is 16.1 Å². The normalized spacial score (nSPS) is 21.7. The average Bonchev–Trinajstić information content (AvgIpc) is 2.04. The first-order chi connectivity index (χ1) is 5.61. The van der Waals surface area contributed by atoms with Crippen molar-refractivity contribution in [1.82, 2.24) is 0 Å². The summed E-state index contributed by atoms with van der Waals surface area (Å²) in [6.45, 7) is 0. The molecule has 0 fully saturated rings. The molecular weight excluding hydrogens is 182 g/mol. The lowest BCUT2D eigenvalue weighted by molar-refractivity contribution is -0.135. The minimum Gasteiger partial charge on any atom is -0.480 e. The van der Waals surface area contributed by atoms with E-state index in [4.69, 9.17) is 10.2 Å². The van der Waals surface area contributed by atoms with Crippen LogP contribution in [0.3, 0.4) is 0 Å². The van der Waals surface area contributed by atoms with Crippen molar-refractivity contribution in [2.24, 2.45) is 4.99 Å². The molecule has 12 heavy (non-hydrogen) atoms. The Morgan fingerprint density at radius 2 is 2.17 bits per heavy atom. The molecule has 1 aliphatic rings. The zero-order valence-corrected chi connectivity index (χ0v) is 6.61. The van der Waals surface area contributed by atoms with Crippen molar-refractivity contribution in [3.63, 3.8) is 0 Å². The van der Waals surface area contributed by atoms with Gasteiger partial charge in [0, 0.05) is 12.4 Å². The smallest absolute Gasteiger partial charge is 0.343 e. The number of nitrogens with zero attached hydrogens (tertiary/aromatic N) is 1. The third-order valence-electron chi connectivity index (χ3n) is 1.12. The van der Waals surface area contributed by atoms with E-state index in [0.29, 0.717) is 0 Å². The molecule has 0 aromatic heterocycles. The van der Waals surface area contributed by atoms with Crippen molar-refractivity contribution in [2.45, 2.75) is 5.25 Å². The van der Waals surface area contributed by atoms with Gasteiger partial charge in [-0.15, -0.1) is 0 Å². The van der Waals surface area contributed by atoms with Crippen LogP contribution in [0, 0.1) is 0 Å². The van der Waals surface area contributed by atoms with Gasteiger partial charge in [0.2, 0.25) is 0 Å². The van der Waals surface area contributed by atoms with E-state index in [0.717, 1.165) is 18.0 Å². The number of rotatable bonds is 2. The number of aliphatic imine (C=N–C) groups is 1. The number of carbonyl (C=O) groups is 2. The lowest BCUT2D eigenvalue weighted by Gasteiger charge is -2.09. The molecule has 0 aliphatic carbocycles. The summed E-state index contributed by atoms with van der Waals surface area (Å²) >= 11 is 0.760. The van der Waals surface area contributed by atoms with E-state index in [1.807, 2.05) is 0 Å². The Kier molecular flexibility index (Phi) is 2.49. The van der Waals surface area contributed by atoms with Crippen molar-refractivity contribution >= 4 is 29.9 Å². The maximum absolute atomic E-state index is 10.4. The van der Waals surface area contributed by atoms with Crippen LogP contribution in [0.4, 0.5) is 0 Å². The van der Waals surface area contributed by atoms with Crippen molar-refractivity contribution in [1.29, 1.82) is 0 Å². The first kappa shape index (κ1) is 8.79. The second kappa shape index (κ2) is 3.40. The van der Waals surface area contributed by atoms with Crippen molar-refractivity contribution in [2.75, 3.05) is 0 Å². The summed E-state index contributed by atoms with van der Waals surface area (Å²) in [5.74, 6) is -2.24. The second-order valence-corrected chi connectivity index (χ2v) is 3.16. The van der Waals surface area contributed by atoms with Crippen LogP contribution >= 0.6 is 11.8 Å². The number of hydrogen-bond acceptors (Lipinski definition) is 4. The molecule has 0 radical (unpaired) electrons. The van der Waals surface area contributed by atoms with Gasteiger partial charge in [0.15, 0.2) is 0 Å². The second-order valence-electron chi connectivity index (χ2n) is 1.97. The Morgan fingerprint density at radius 3 is 2.67 bits per heavy atom. The molecule has 2 N–H and O–H groups in total. The van der Waals surface area contributed by atoms with Gasteiger partial charge in [-0.25, -0.2) is 4.79 Å². The molecule has 0 aromatic rings. The molecule has 1 rings (SSSR count). The highest BCUT2D eigenvalue weighted by Gasteiger charge is 2.23. The number of carboxylic acids is 2. The third kappa shape index (κ3) is 1.85. The van der Waals surface area contributed by atoms with Gasteiger partial charge in [0.25, 0.3) is 0 Å². The first-order valence-corrected chi connectivity index (χ1v) is 3.85. The number of aliphatic carboxylic acids is 2. The van der Waals surface area contributed by atoms with Crippen LogP contribution in [-0.4, -0.2) is 33.6 Å². The fourth-order valence-electron chi connectivity index (χ4n) is 0.606. The maximum Gasteiger partial charge on any atom is 0.343 e. The lowest BCUT2D eigenvalue weighted by atomic mass is 10.4. The van der Waals surface area contributed by atoms with Crippen LogP contribution in [0.2, 0.25) is 0 Å². The predicted octanol–water partition coefficient (Wildman–Crippen LogP) is 0.183. The van der Waals surface area contributed by atoms with E-state index in [-0.39, 0.29) is 4.91 Å². The molecule has 0 amide bonds. The largest absolute Gasteiger partial charge is 0.480 e. The summed E-state index contributed by atoms with van der Waals surface area (Å²) in [6, 6.07) is 0. The van der Waals surface area contributed by atoms with Crippen molar-refractivity contribution < 1.29 is 19.8 Å². The van der Waals surface area contributed by atoms with Crippen LogP contribution in [0.5, 0.6) is 0 Å². The zero-order chi connectivity index (χ0) is 9.14. The van der Waals surface area contributed by atoms with Gasteiger partial charge in [-0.1, -0.05) is 11.8 Å². The van der Waals surface area contributed by atoms with Crippen LogP contribution in [0.1, 0.15) is 0 Å². The maximum atomic E-state index is 10.4. The summed E-state index contributed by atoms with van der Waals surface area (Å²) in [7, 11) is 0. The third-order valence-corrected chi connectivity index (χ3v) is 2.23. The molecule has 6 heteroatoms. The summed E-state index contributed by atoms with van der Waals surface area (Å²) in [4.78, 5) is 24.2. The fourth-order valence-corrected chi connectivity index (χ4v) is 1.33. The number of carboxylic acid groups (broad SMARTS) is 2. The van der Waals surface area contributed by atoms with Gasteiger partial charge in [-0.3, -0.25) is 9.79 Å². The lowest BCUT2D eigenvalue weighted by Crippen LogP contribution is -2.21. The standard InChI is InChI=1S/C6H5NO4S/c8-5(9)3-1-7-2-4(12-3)6(10)11/h1-3H,(H,8,9)(H,10,11). The van der Waals surface area contributed by atoms with E-state index in [1.165, 1.54) is 6.21 Å². The molecule has 0 saturated heterocycles. The van der Waals surface area contributed by atoms with Gasteiger partial charge < -0.3 is 10.2 Å². The van der Waals surface area contributed by atoms with Gasteiger partial charge in [-0.2, -0.15) is 0 Å². The molecule has 1 unspecified atom stereocenters. The fraction of sp³-hybridized carbons (Fsp3) is 0.167. The predicted molar refractivity (Wildman–Crippen MR) is 43.2 cm³/mol. The van der Waals surface area contributed by atoms with Crippen molar-refractivity contribution in [3.8, 4) is 0 Å². The average molecular weight is 187 g/mol. The Morgan fingerprint density at radius 1 is 1.50 bits per heavy atom. The molecule has 64 valence electrons. The van der Waals surface area contributed by atoms with Crippen LogP contribution in [0.25, 0.3) is 0 Å². The highest BCUT2D eigenvalue weighted by atomic mass is 32.2. The monoisotopic (exact) mass is 187 g/mol. The molecule has 0 saturated carbocycles. The molecule has 5 nitrogen and oxygen atoms in total. The molecule has 1 aliphatic heterocycles. The van der Waals surface area contributed by atoms with E-state index in [2.05, 4.69) is 4.99 Å². The molecule has 0 aromatic carbocycles. The quantitative estimate of drug-likeness (QED) is 0.644. The Bertz CT molecular complexity index is 283. The van der Waals surface area contributed by atoms with Gasteiger partial charge in [0.05, 0.1) is 0 Å². The Balaban J connectivity index is 2.74. The van der Waals surface area contributed by atoms with Crippen LogP contribution in [-0.2, 0) is 9.59 Å². The van der Waals surface area contributed by atoms with E-state index < -0.39 is 17.2 Å². The number of hydrogen-bond donors (Lipinski definition) is 2. The molecule has 1 heterocycles. The minimum atomic E-state index is -1.15. The van der Waals surface area contributed by atoms with E-state index in [1.54, 1.807) is 0 Å². The Hall–Kier alpha value is -1.30. The van der Waals surface area contributed by atoms with E-state index >= 15 is 0 Å². The molecule has 1 atom stereocenters. The summed E-state index contributed by atoms with van der Waals surface area (Å²) in [5.41, 5.74) is 0. The van der Waals surface area contributed by atoms with Gasteiger partial charge in [-0.05, 0) is 0 Å². The highest BCUT2D eigenvalue weighted by molar-refractivity contribution is 8.05. The number of thioether (sulfide) groups is 1. The summed E-state index contributed by atoms with van der Waals surface area (Å²) in [6.07, 6.45) is 2.33. The van der Waals surface area contributed by atoms with Gasteiger partial charge >= 0.3 is 11.9 Å². The van der Waals surface area contributed by atoms with E-state index in [9.17, 15) is 9.59 Å².